The Morgan fingerprint density at radius 3 is 2.44 bits per heavy atom. The van der Waals surface area contributed by atoms with Crippen LogP contribution < -0.4 is 0 Å². The Kier molecular flexibility index (Phi) is 2.82. The predicted octanol–water partition coefficient (Wildman–Crippen LogP) is 3.18. The van der Waals surface area contributed by atoms with E-state index in [1.54, 1.807) is 6.20 Å². The Hall–Kier alpha value is -1.96. The number of aldehydes is 1. The summed E-state index contributed by atoms with van der Waals surface area (Å²) in [5.74, 6) is 0. The molecule has 2 nitrogen and oxygen atoms in total. The lowest BCUT2D eigenvalue weighted by molar-refractivity contribution is 0.112. The molecule has 0 saturated heterocycles. The average Bonchev–Trinajstić information content (AvgIpc) is 2.29. The highest BCUT2D eigenvalue weighted by Gasteiger charge is 2.01. The number of pyridine rings is 1. The van der Waals surface area contributed by atoms with Gasteiger partial charge in [-0.2, -0.15) is 0 Å². The zero-order valence-electron chi connectivity index (χ0n) is 9.40. The molecule has 80 valence electrons. The first-order chi connectivity index (χ1) is 7.70. The summed E-state index contributed by atoms with van der Waals surface area (Å²) < 4.78 is 0. The molecule has 0 aliphatic heterocycles. The Morgan fingerprint density at radius 1 is 1.06 bits per heavy atom. The second-order valence-corrected chi connectivity index (χ2v) is 3.88. The van der Waals surface area contributed by atoms with Crippen molar-refractivity contribution in [2.24, 2.45) is 0 Å². The van der Waals surface area contributed by atoms with Gasteiger partial charge in [0.25, 0.3) is 0 Å². The van der Waals surface area contributed by atoms with Gasteiger partial charge in [-0.1, -0.05) is 18.2 Å². The van der Waals surface area contributed by atoms with Crippen LogP contribution in [0.15, 0.2) is 36.5 Å². The van der Waals surface area contributed by atoms with Crippen LogP contribution in [0.3, 0.4) is 0 Å². The van der Waals surface area contributed by atoms with Gasteiger partial charge in [-0.15, -0.1) is 0 Å². The topological polar surface area (TPSA) is 30.0 Å². The van der Waals surface area contributed by atoms with E-state index in [0.29, 0.717) is 0 Å². The molecule has 1 aromatic carbocycles. The molecular formula is C14H13NO. The number of nitrogens with zero attached hydrogens (tertiary/aromatic N) is 1. The summed E-state index contributed by atoms with van der Waals surface area (Å²) in [6, 6.07) is 9.86. The molecule has 2 rings (SSSR count). The molecule has 0 fully saturated rings. The maximum absolute atomic E-state index is 10.7. The number of aryl methyl sites for hydroxylation is 2. The molecule has 2 aromatic rings. The standard InChI is InChI=1S/C14H13NO/c1-10-7-12(3-4-14(10)9-16)13-5-6-15-11(2)8-13/h3-9H,1-2H3. The fourth-order valence-electron chi connectivity index (χ4n) is 1.71. The van der Waals surface area contributed by atoms with E-state index in [4.69, 9.17) is 0 Å². The minimum Gasteiger partial charge on any atom is -0.298 e. The van der Waals surface area contributed by atoms with E-state index in [1.807, 2.05) is 44.2 Å². The monoisotopic (exact) mass is 211 g/mol. The van der Waals surface area contributed by atoms with Crippen LogP contribution in [0.1, 0.15) is 21.6 Å². The Labute approximate surface area is 95.0 Å². The van der Waals surface area contributed by atoms with E-state index in [9.17, 15) is 4.79 Å². The fraction of sp³-hybridized carbons (Fsp3) is 0.143. The molecule has 1 aromatic heterocycles. The van der Waals surface area contributed by atoms with Crippen molar-refractivity contribution in [1.29, 1.82) is 0 Å². The van der Waals surface area contributed by atoms with E-state index in [-0.39, 0.29) is 0 Å². The smallest absolute Gasteiger partial charge is 0.150 e. The summed E-state index contributed by atoms with van der Waals surface area (Å²) in [4.78, 5) is 14.9. The number of carbonyl (C=O) groups excluding carboxylic acids is 1. The van der Waals surface area contributed by atoms with Crippen LogP contribution in [0.4, 0.5) is 0 Å². The van der Waals surface area contributed by atoms with Crippen molar-refractivity contribution in [2.75, 3.05) is 0 Å². The quantitative estimate of drug-likeness (QED) is 0.714. The molecule has 1 heterocycles. The van der Waals surface area contributed by atoms with Gasteiger partial charge in [-0.3, -0.25) is 9.78 Å². The summed E-state index contributed by atoms with van der Waals surface area (Å²) in [6.45, 7) is 3.91. The third-order valence-corrected chi connectivity index (χ3v) is 2.63. The molecule has 0 atom stereocenters. The van der Waals surface area contributed by atoms with Crippen molar-refractivity contribution in [3.8, 4) is 11.1 Å². The maximum atomic E-state index is 10.7. The molecule has 0 bridgehead atoms. The minimum absolute atomic E-state index is 0.745. The van der Waals surface area contributed by atoms with Gasteiger partial charge >= 0.3 is 0 Å². The average molecular weight is 211 g/mol. The highest BCUT2D eigenvalue weighted by molar-refractivity contribution is 5.79. The van der Waals surface area contributed by atoms with Crippen molar-refractivity contribution >= 4 is 6.29 Å². The van der Waals surface area contributed by atoms with E-state index >= 15 is 0 Å². The van der Waals surface area contributed by atoms with Crippen LogP contribution in [-0.2, 0) is 0 Å². The first-order valence-corrected chi connectivity index (χ1v) is 5.19. The molecule has 0 N–H and O–H groups in total. The first kappa shape index (κ1) is 10.6. The molecule has 0 saturated carbocycles. The number of hydrogen-bond acceptors (Lipinski definition) is 2. The van der Waals surface area contributed by atoms with Gasteiger partial charge in [0.2, 0.25) is 0 Å². The van der Waals surface area contributed by atoms with Gasteiger partial charge in [0.1, 0.15) is 6.29 Å². The Morgan fingerprint density at radius 2 is 1.81 bits per heavy atom. The van der Waals surface area contributed by atoms with Gasteiger partial charge < -0.3 is 0 Å². The molecule has 0 aliphatic rings. The summed E-state index contributed by atoms with van der Waals surface area (Å²) in [7, 11) is 0. The van der Waals surface area contributed by atoms with Gasteiger partial charge in [0.05, 0.1) is 0 Å². The summed E-state index contributed by atoms with van der Waals surface area (Å²) in [6.07, 6.45) is 2.69. The van der Waals surface area contributed by atoms with Crippen molar-refractivity contribution in [3.05, 3.63) is 53.3 Å². The number of rotatable bonds is 2. The van der Waals surface area contributed by atoms with E-state index in [0.717, 1.165) is 34.2 Å². The lowest BCUT2D eigenvalue weighted by Crippen LogP contribution is -1.88. The molecule has 2 heteroatoms. The van der Waals surface area contributed by atoms with Crippen molar-refractivity contribution in [2.45, 2.75) is 13.8 Å². The van der Waals surface area contributed by atoms with Crippen LogP contribution in [0.2, 0.25) is 0 Å². The Bertz CT molecular complexity index is 532. The van der Waals surface area contributed by atoms with Crippen LogP contribution in [0.25, 0.3) is 11.1 Å². The van der Waals surface area contributed by atoms with E-state index < -0.39 is 0 Å². The lowest BCUT2D eigenvalue weighted by atomic mass is 10.0. The van der Waals surface area contributed by atoms with Crippen molar-refractivity contribution in [1.82, 2.24) is 4.98 Å². The van der Waals surface area contributed by atoms with Crippen LogP contribution in [-0.4, -0.2) is 11.3 Å². The molecule has 0 spiro atoms. The number of carbonyl (C=O) groups is 1. The molecular weight excluding hydrogens is 198 g/mol. The fourth-order valence-corrected chi connectivity index (χ4v) is 1.71. The molecule has 16 heavy (non-hydrogen) atoms. The summed E-state index contributed by atoms with van der Waals surface area (Å²) >= 11 is 0. The summed E-state index contributed by atoms with van der Waals surface area (Å²) in [5, 5.41) is 0. The second-order valence-electron chi connectivity index (χ2n) is 3.88. The molecule has 0 amide bonds. The zero-order chi connectivity index (χ0) is 11.5. The molecule has 0 aliphatic carbocycles. The first-order valence-electron chi connectivity index (χ1n) is 5.19. The van der Waals surface area contributed by atoms with Crippen molar-refractivity contribution < 1.29 is 4.79 Å². The predicted molar refractivity (Wildman–Crippen MR) is 64.5 cm³/mol. The van der Waals surface area contributed by atoms with Gasteiger partial charge in [0, 0.05) is 17.5 Å². The Balaban J connectivity index is 2.49. The largest absolute Gasteiger partial charge is 0.298 e. The number of aromatic nitrogens is 1. The van der Waals surface area contributed by atoms with Gasteiger partial charge in [-0.05, 0) is 42.7 Å². The third kappa shape index (κ3) is 2.01. The van der Waals surface area contributed by atoms with Crippen LogP contribution in [0.5, 0.6) is 0 Å². The zero-order valence-corrected chi connectivity index (χ0v) is 9.40. The highest BCUT2D eigenvalue weighted by Crippen LogP contribution is 2.21. The number of hydrogen-bond donors (Lipinski definition) is 0. The van der Waals surface area contributed by atoms with Crippen LogP contribution in [0, 0.1) is 13.8 Å². The lowest BCUT2D eigenvalue weighted by Gasteiger charge is -2.05. The normalized spacial score (nSPS) is 10.1. The van der Waals surface area contributed by atoms with Gasteiger partial charge in [-0.25, -0.2) is 0 Å². The summed E-state index contributed by atoms with van der Waals surface area (Å²) in [5.41, 5.74) is 4.99. The minimum atomic E-state index is 0.745. The highest BCUT2D eigenvalue weighted by atomic mass is 16.1. The third-order valence-electron chi connectivity index (χ3n) is 2.63. The second kappa shape index (κ2) is 4.27. The van der Waals surface area contributed by atoms with Crippen LogP contribution >= 0.6 is 0 Å². The van der Waals surface area contributed by atoms with E-state index in [2.05, 4.69) is 4.98 Å². The molecule has 0 unspecified atom stereocenters. The van der Waals surface area contributed by atoms with E-state index in [1.165, 1.54) is 0 Å². The van der Waals surface area contributed by atoms with Crippen molar-refractivity contribution in [3.63, 3.8) is 0 Å². The number of benzene rings is 1. The maximum Gasteiger partial charge on any atom is 0.150 e. The SMILES string of the molecule is Cc1cc(-c2ccc(C=O)c(C)c2)ccn1. The molecule has 0 radical (unpaired) electrons. The van der Waals surface area contributed by atoms with Gasteiger partial charge in [0.15, 0.2) is 0 Å².